The van der Waals surface area contributed by atoms with Crippen LogP contribution in [0, 0.1) is 5.92 Å². The van der Waals surface area contributed by atoms with Gasteiger partial charge in [-0.15, -0.1) is 0 Å². The number of aromatic hydroxyl groups is 1. The van der Waals surface area contributed by atoms with E-state index in [4.69, 9.17) is 0 Å². The molecule has 0 bridgehead atoms. The van der Waals surface area contributed by atoms with Gasteiger partial charge in [-0.05, 0) is 30.0 Å². The number of hydrogen-bond acceptors (Lipinski definition) is 4. The molecule has 114 valence electrons. The standard InChI is InChI=1S/C19H14O4/c1-9-7-10-5-6-12-17(15(10)14(21)8-9)19(23)16-11(18(12)22)3-2-4-13(16)20/h2-6,9,20H,7-8H2,1H3. The molecule has 4 nitrogen and oxygen atoms in total. The first-order chi connectivity index (χ1) is 11.0. The zero-order valence-electron chi connectivity index (χ0n) is 12.6. The Labute approximate surface area is 132 Å². The highest BCUT2D eigenvalue weighted by atomic mass is 16.3. The Kier molecular flexibility index (Phi) is 2.79. The molecule has 0 aliphatic heterocycles. The summed E-state index contributed by atoms with van der Waals surface area (Å²) in [6.07, 6.45) is 1.09. The Morgan fingerprint density at radius 2 is 1.61 bits per heavy atom. The molecule has 0 heterocycles. The van der Waals surface area contributed by atoms with Gasteiger partial charge in [0.15, 0.2) is 17.3 Å². The number of fused-ring (bicyclic) bond motifs is 4. The van der Waals surface area contributed by atoms with Gasteiger partial charge >= 0.3 is 0 Å². The van der Waals surface area contributed by atoms with Gasteiger partial charge in [-0.2, -0.15) is 0 Å². The largest absolute Gasteiger partial charge is 0.507 e. The quantitative estimate of drug-likeness (QED) is 0.693. The molecule has 1 atom stereocenters. The average Bonchev–Trinajstić information content (AvgIpc) is 2.51. The molecular formula is C19H14O4. The molecule has 1 N–H and O–H groups in total. The Hall–Kier alpha value is -2.75. The van der Waals surface area contributed by atoms with Crippen molar-refractivity contribution in [2.45, 2.75) is 19.8 Å². The van der Waals surface area contributed by atoms with Gasteiger partial charge in [0.05, 0.1) is 5.56 Å². The highest BCUT2D eigenvalue weighted by molar-refractivity contribution is 6.32. The topological polar surface area (TPSA) is 71.4 Å². The Bertz CT molecular complexity index is 908. The van der Waals surface area contributed by atoms with Crippen LogP contribution in [0.15, 0.2) is 30.3 Å². The normalized spacial score (nSPS) is 19.2. The highest BCUT2D eigenvalue weighted by Crippen LogP contribution is 2.37. The molecule has 2 aromatic rings. The lowest BCUT2D eigenvalue weighted by atomic mass is 9.74. The predicted octanol–water partition coefficient (Wildman–Crippen LogP) is 2.93. The molecular weight excluding hydrogens is 292 g/mol. The van der Waals surface area contributed by atoms with Crippen LogP contribution in [0.1, 0.15) is 61.1 Å². The number of phenols is 1. The summed E-state index contributed by atoms with van der Waals surface area (Å²) in [6.45, 7) is 1.99. The number of benzene rings is 2. The molecule has 0 spiro atoms. The van der Waals surface area contributed by atoms with Gasteiger partial charge in [-0.1, -0.05) is 25.1 Å². The molecule has 0 amide bonds. The lowest BCUT2D eigenvalue weighted by Crippen LogP contribution is -2.28. The zero-order chi connectivity index (χ0) is 16.3. The van der Waals surface area contributed by atoms with E-state index in [1.54, 1.807) is 12.1 Å². The fourth-order valence-electron chi connectivity index (χ4n) is 3.66. The van der Waals surface area contributed by atoms with Crippen LogP contribution < -0.4 is 0 Å². The summed E-state index contributed by atoms with van der Waals surface area (Å²) >= 11 is 0. The molecule has 0 saturated carbocycles. The number of ketones is 3. The second kappa shape index (κ2) is 4.62. The van der Waals surface area contributed by atoms with E-state index in [2.05, 4.69) is 0 Å². The third-order valence-corrected chi connectivity index (χ3v) is 4.66. The van der Waals surface area contributed by atoms with E-state index in [0.29, 0.717) is 18.4 Å². The smallest absolute Gasteiger partial charge is 0.198 e. The summed E-state index contributed by atoms with van der Waals surface area (Å²) in [4.78, 5) is 38.1. The molecule has 0 fully saturated rings. The van der Waals surface area contributed by atoms with Crippen LogP contribution >= 0.6 is 0 Å². The van der Waals surface area contributed by atoms with Gasteiger partial charge in [0.1, 0.15) is 5.75 Å². The number of hydrogen-bond donors (Lipinski definition) is 1. The molecule has 2 aromatic carbocycles. The first-order valence-corrected chi connectivity index (χ1v) is 7.59. The van der Waals surface area contributed by atoms with E-state index >= 15 is 0 Å². The van der Waals surface area contributed by atoms with E-state index in [9.17, 15) is 19.5 Å². The van der Waals surface area contributed by atoms with Crippen LogP contribution in [-0.4, -0.2) is 22.5 Å². The van der Waals surface area contributed by atoms with Gasteiger partial charge in [-0.3, -0.25) is 14.4 Å². The Morgan fingerprint density at radius 1 is 0.870 bits per heavy atom. The lowest BCUT2D eigenvalue weighted by Gasteiger charge is -2.26. The maximum absolute atomic E-state index is 12.9. The molecule has 0 radical (unpaired) electrons. The molecule has 23 heavy (non-hydrogen) atoms. The maximum Gasteiger partial charge on any atom is 0.198 e. The lowest BCUT2D eigenvalue weighted by molar-refractivity contribution is 0.0934. The number of carbonyl (C=O) groups excluding carboxylic acids is 3. The Balaban J connectivity index is 2.04. The van der Waals surface area contributed by atoms with Crippen molar-refractivity contribution >= 4 is 17.3 Å². The Morgan fingerprint density at radius 3 is 2.39 bits per heavy atom. The minimum Gasteiger partial charge on any atom is -0.507 e. The van der Waals surface area contributed by atoms with E-state index in [-0.39, 0.29) is 45.5 Å². The zero-order valence-corrected chi connectivity index (χ0v) is 12.6. The van der Waals surface area contributed by atoms with Gasteiger partial charge in [0.2, 0.25) is 0 Å². The van der Waals surface area contributed by atoms with Crippen molar-refractivity contribution in [2.24, 2.45) is 5.92 Å². The molecule has 2 aliphatic rings. The SMILES string of the molecule is CC1CC(=O)c2c(ccc3c2C(=O)c2c(O)cccc2C3=O)C1. The summed E-state index contributed by atoms with van der Waals surface area (Å²) < 4.78 is 0. The fourth-order valence-corrected chi connectivity index (χ4v) is 3.66. The van der Waals surface area contributed by atoms with Crippen molar-refractivity contribution in [1.82, 2.24) is 0 Å². The minimum absolute atomic E-state index is 0.00446. The van der Waals surface area contributed by atoms with Crippen molar-refractivity contribution in [3.8, 4) is 5.75 Å². The summed E-state index contributed by atoms with van der Waals surface area (Å²) in [7, 11) is 0. The second-order valence-corrected chi connectivity index (χ2v) is 6.32. The van der Waals surface area contributed by atoms with Gasteiger partial charge in [0, 0.05) is 28.7 Å². The summed E-state index contributed by atoms with van der Waals surface area (Å²) in [6, 6.07) is 7.86. The molecule has 4 heteroatoms. The predicted molar refractivity (Wildman–Crippen MR) is 83.2 cm³/mol. The van der Waals surface area contributed by atoms with Crippen LogP contribution in [0.25, 0.3) is 0 Å². The van der Waals surface area contributed by atoms with Crippen molar-refractivity contribution in [3.05, 3.63) is 63.7 Å². The van der Waals surface area contributed by atoms with Crippen molar-refractivity contribution < 1.29 is 19.5 Å². The van der Waals surface area contributed by atoms with E-state index in [1.807, 2.05) is 6.92 Å². The van der Waals surface area contributed by atoms with E-state index in [1.165, 1.54) is 18.2 Å². The monoisotopic (exact) mass is 306 g/mol. The van der Waals surface area contributed by atoms with Gasteiger partial charge in [0.25, 0.3) is 0 Å². The summed E-state index contributed by atoms with van der Waals surface area (Å²) in [5.41, 5.74) is 1.80. The van der Waals surface area contributed by atoms with Gasteiger partial charge < -0.3 is 5.11 Å². The molecule has 0 saturated heterocycles. The number of Topliss-reactive ketones (excluding diaryl/α,β-unsaturated/α-hetero) is 1. The number of rotatable bonds is 0. The molecule has 0 aromatic heterocycles. The van der Waals surface area contributed by atoms with Crippen LogP contribution in [-0.2, 0) is 6.42 Å². The van der Waals surface area contributed by atoms with E-state index in [0.717, 1.165) is 5.56 Å². The average molecular weight is 306 g/mol. The molecule has 1 unspecified atom stereocenters. The van der Waals surface area contributed by atoms with Crippen LogP contribution in [0.5, 0.6) is 5.75 Å². The highest BCUT2D eigenvalue weighted by Gasteiger charge is 2.37. The number of phenolic OH excluding ortho intramolecular Hbond substituents is 1. The third-order valence-electron chi connectivity index (χ3n) is 4.66. The summed E-state index contributed by atoms with van der Waals surface area (Å²) in [5.74, 6) is -0.855. The van der Waals surface area contributed by atoms with Crippen LogP contribution in [0.4, 0.5) is 0 Å². The van der Waals surface area contributed by atoms with Gasteiger partial charge in [-0.25, -0.2) is 0 Å². The second-order valence-electron chi connectivity index (χ2n) is 6.32. The van der Waals surface area contributed by atoms with Crippen LogP contribution in [0.2, 0.25) is 0 Å². The van der Waals surface area contributed by atoms with Crippen LogP contribution in [0.3, 0.4) is 0 Å². The molecule has 2 aliphatic carbocycles. The third kappa shape index (κ3) is 1.81. The van der Waals surface area contributed by atoms with Crippen molar-refractivity contribution in [3.63, 3.8) is 0 Å². The first-order valence-electron chi connectivity index (χ1n) is 7.59. The minimum atomic E-state index is -0.438. The maximum atomic E-state index is 12.9. The van der Waals surface area contributed by atoms with Crippen molar-refractivity contribution in [1.29, 1.82) is 0 Å². The summed E-state index contributed by atoms with van der Waals surface area (Å²) in [5, 5.41) is 10.0. The van der Waals surface area contributed by atoms with E-state index < -0.39 is 5.78 Å². The fraction of sp³-hybridized carbons (Fsp3) is 0.211. The molecule has 4 rings (SSSR count). The van der Waals surface area contributed by atoms with Crippen molar-refractivity contribution in [2.75, 3.05) is 0 Å². The first kappa shape index (κ1) is 13.9. The number of carbonyl (C=O) groups is 3.